The molecule has 0 saturated carbocycles. The van der Waals surface area contributed by atoms with Gasteiger partial charge in [-0.15, -0.1) is 6.58 Å². The molecule has 2 heterocycles. The van der Waals surface area contributed by atoms with E-state index >= 15 is 0 Å². The van der Waals surface area contributed by atoms with Crippen LogP contribution in [0.2, 0.25) is 5.02 Å². The van der Waals surface area contributed by atoms with Crippen molar-refractivity contribution >= 4 is 44.2 Å². The summed E-state index contributed by atoms with van der Waals surface area (Å²) in [4.78, 5) is 19.2. The Labute approximate surface area is 165 Å². The highest BCUT2D eigenvalue weighted by Gasteiger charge is 2.22. The number of amides is 1. The van der Waals surface area contributed by atoms with E-state index in [2.05, 4.69) is 11.6 Å². The molecule has 0 spiro atoms. The van der Waals surface area contributed by atoms with Crippen molar-refractivity contribution in [3.05, 3.63) is 59.6 Å². The summed E-state index contributed by atoms with van der Waals surface area (Å²) >= 11 is 7.77. The Kier molecular flexibility index (Phi) is 5.01. The van der Waals surface area contributed by atoms with Gasteiger partial charge in [0.15, 0.2) is 16.6 Å². The number of ether oxygens (including phenoxy) is 2. The maximum atomic E-state index is 13.0. The topological polar surface area (TPSA) is 51.7 Å². The Morgan fingerprint density at radius 2 is 2.11 bits per heavy atom. The van der Waals surface area contributed by atoms with Gasteiger partial charge in [0.2, 0.25) is 5.91 Å². The highest BCUT2D eigenvalue weighted by Crippen LogP contribution is 2.38. The largest absolute Gasteiger partial charge is 0.486 e. The number of anilines is 1. The minimum absolute atomic E-state index is 0.0818. The van der Waals surface area contributed by atoms with Gasteiger partial charge in [0.25, 0.3) is 0 Å². The van der Waals surface area contributed by atoms with Crippen molar-refractivity contribution in [1.29, 1.82) is 0 Å². The molecule has 1 amide bonds. The molecule has 0 atom stereocenters. The smallest absolute Gasteiger partial charge is 0.233 e. The number of aromatic nitrogens is 1. The Morgan fingerprint density at radius 1 is 1.30 bits per heavy atom. The van der Waals surface area contributed by atoms with Gasteiger partial charge in [-0.25, -0.2) is 4.98 Å². The van der Waals surface area contributed by atoms with E-state index in [4.69, 9.17) is 21.1 Å². The Hall–Kier alpha value is -2.57. The molecule has 0 fully saturated rings. The van der Waals surface area contributed by atoms with E-state index in [1.165, 1.54) is 11.3 Å². The van der Waals surface area contributed by atoms with Gasteiger partial charge in [0.1, 0.15) is 13.2 Å². The molecule has 0 radical (unpaired) electrons. The number of halogens is 1. The van der Waals surface area contributed by atoms with Crippen LogP contribution < -0.4 is 14.4 Å². The lowest BCUT2D eigenvalue weighted by atomic mass is 10.1. The minimum atomic E-state index is -0.0818. The summed E-state index contributed by atoms with van der Waals surface area (Å²) in [5.41, 5.74) is 1.64. The summed E-state index contributed by atoms with van der Waals surface area (Å²) in [7, 11) is 0. The Bertz CT molecular complexity index is 985. The number of benzene rings is 2. The molecule has 0 N–H and O–H groups in total. The summed E-state index contributed by atoms with van der Waals surface area (Å²) in [5.74, 6) is 1.03. The lowest BCUT2D eigenvalue weighted by Gasteiger charge is -2.21. The average molecular weight is 401 g/mol. The first-order valence-electron chi connectivity index (χ1n) is 8.50. The van der Waals surface area contributed by atoms with Crippen molar-refractivity contribution in [3.8, 4) is 11.5 Å². The van der Waals surface area contributed by atoms with E-state index in [0.29, 0.717) is 41.4 Å². The second-order valence-corrected chi connectivity index (χ2v) is 7.45. The van der Waals surface area contributed by atoms with Crippen molar-refractivity contribution in [2.75, 3.05) is 24.7 Å². The minimum Gasteiger partial charge on any atom is -0.486 e. The third-order valence-corrected chi connectivity index (χ3v) is 5.48. The van der Waals surface area contributed by atoms with Crippen molar-refractivity contribution < 1.29 is 14.3 Å². The molecule has 7 heteroatoms. The van der Waals surface area contributed by atoms with E-state index in [0.717, 1.165) is 15.8 Å². The van der Waals surface area contributed by atoms with E-state index < -0.39 is 0 Å². The molecular formula is C20H17ClN2O3S. The first-order valence-corrected chi connectivity index (χ1v) is 9.70. The number of rotatable bonds is 5. The first-order chi connectivity index (χ1) is 13.2. The molecule has 4 rings (SSSR count). The van der Waals surface area contributed by atoms with Crippen molar-refractivity contribution in [3.63, 3.8) is 0 Å². The fraction of sp³-hybridized carbons (Fsp3) is 0.200. The molecule has 1 aliphatic rings. The molecule has 3 aromatic rings. The van der Waals surface area contributed by atoms with Crippen LogP contribution in [0.4, 0.5) is 5.13 Å². The van der Waals surface area contributed by atoms with Gasteiger partial charge in [0, 0.05) is 6.54 Å². The summed E-state index contributed by atoms with van der Waals surface area (Å²) in [5, 5.41) is 1.11. The lowest BCUT2D eigenvalue weighted by Crippen LogP contribution is -2.32. The quantitative estimate of drug-likeness (QED) is 0.592. The maximum absolute atomic E-state index is 13.0. The van der Waals surface area contributed by atoms with Gasteiger partial charge < -0.3 is 9.47 Å². The second kappa shape index (κ2) is 7.58. The maximum Gasteiger partial charge on any atom is 0.233 e. The predicted octanol–water partition coefficient (Wildman–Crippen LogP) is 4.48. The first kappa shape index (κ1) is 17.8. The SMILES string of the molecule is C=CCN(C(=O)Cc1cc(Cl)c2c(c1)OCCO2)c1nc2ccccc2s1. The molecule has 0 bridgehead atoms. The predicted molar refractivity (Wildman–Crippen MR) is 108 cm³/mol. The van der Waals surface area contributed by atoms with Crippen LogP contribution in [0.5, 0.6) is 11.5 Å². The standard InChI is InChI=1S/C20H17ClN2O3S/c1-2-7-23(20-22-15-5-3-4-6-17(15)27-20)18(24)12-13-10-14(21)19-16(11-13)25-8-9-26-19/h2-6,10-11H,1,7-9,12H2. The van der Waals surface area contributed by atoms with Gasteiger partial charge in [-0.2, -0.15) is 0 Å². The van der Waals surface area contributed by atoms with E-state index in [1.54, 1.807) is 17.0 Å². The Morgan fingerprint density at radius 3 is 2.93 bits per heavy atom. The fourth-order valence-electron chi connectivity index (χ4n) is 2.93. The monoisotopic (exact) mass is 400 g/mol. The van der Waals surface area contributed by atoms with Crippen LogP contribution in [0, 0.1) is 0 Å². The highest BCUT2D eigenvalue weighted by molar-refractivity contribution is 7.22. The fourth-order valence-corrected chi connectivity index (χ4v) is 4.21. The number of thiazole rings is 1. The zero-order chi connectivity index (χ0) is 18.8. The number of fused-ring (bicyclic) bond motifs is 2. The van der Waals surface area contributed by atoms with Crippen LogP contribution in [0.1, 0.15) is 5.56 Å². The number of para-hydroxylation sites is 1. The molecule has 27 heavy (non-hydrogen) atoms. The summed E-state index contributed by atoms with van der Waals surface area (Å²) < 4.78 is 12.2. The normalized spacial score (nSPS) is 12.8. The molecule has 0 saturated heterocycles. The van der Waals surface area contributed by atoms with E-state index in [9.17, 15) is 4.79 Å². The number of carbonyl (C=O) groups is 1. The lowest BCUT2D eigenvalue weighted by molar-refractivity contribution is -0.117. The van der Waals surface area contributed by atoms with Gasteiger partial charge >= 0.3 is 0 Å². The number of nitrogens with zero attached hydrogens (tertiary/aromatic N) is 2. The molecule has 138 valence electrons. The Balaban J connectivity index is 1.61. The molecule has 0 unspecified atom stereocenters. The van der Waals surface area contributed by atoms with Gasteiger partial charge in [-0.3, -0.25) is 9.69 Å². The third-order valence-electron chi connectivity index (χ3n) is 4.14. The molecule has 5 nitrogen and oxygen atoms in total. The van der Waals surface area contributed by atoms with Crippen LogP contribution in [0.15, 0.2) is 49.1 Å². The van der Waals surface area contributed by atoms with Crippen LogP contribution in [0.25, 0.3) is 10.2 Å². The molecule has 0 aliphatic carbocycles. The van der Waals surface area contributed by atoms with Gasteiger partial charge in [-0.1, -0.05) is 41.1 Å². The summed E-state index contributed by atoms with van der Waals surface area (Å²) in [6, 6.07) is 11.4. The van der Waals surface area contributed by atoms with Crippen molar-refractivity contribution in [2.45, 2.75) is 6.42 Å². The zero-order valence-electron chi connectivity index (χ0n) is 14.5. The second-order valence-electron chi connectivity index (χ2n) is 6.04. The van der Waals surface area contributed by atoms with Crippen LogP contribution in [-0.4, -0.2) is 30.6 Å². The highest BCUT2D eigenvalue weighted by atomic mass is 35.5. The number of carbonyl (C=O) groups excluding carboxylic acids is 1. The van der Waals surface area contributed by atoms with Crippen LogP contribution >= 0.6 is 22.9 Å². The van der Waals surface area contributed by atoms with Crippen LogP contribution in [0.3, 0.4) is 0 Å². The van der Waals surface area contributed by atoms with E-state index in [1.807, 2.05) is 30.3 Å². The molecular weight excluding hydrogens is 384 g/mol. The van der Waals surface area contributed by atoms with Crippen molar-refractivity contribution in [1.82, 2.24) is 4.98 Å². The van der Waals surface area contributed by atoms with Gasteiger partial charge in [-0.05, 0) is 29.8 Å². The number of hydrogen-bond donors (Lipinski definition) is 0. The third kappa shape index (κ3) is 3.63. The van der Waals surface area contributed by atoms with Crippen molar-refractivity contribution in [2.24, 2.45) is 0 Å². The average Bonchev–Trinajstić information content (AvgIpc) is 3.09. The molecule has 2 aromatic carbocycles. The molecule has 1 aliphatic heterocycles. The summed E-state index contributed by atoms with van der Waals surface area (Å²) in [6.45, 7) is 5.09. The van der Waals surface area contributed by atoms with Crippen LogP contribution in [-0.2, 0) is 11.2 Å². The van der Waals surface area contributed by atoms with Gasteiger partial charge in [0.05, 0.1) is 21.7 Å². The van der Waals surface area contributed by atoms with E-state index in [-0.39, 0.29) is 12.3 Å². The number of hydrogen-bond acceptors (Lipinski definition) is 5. The summed E-state index contributed by atoms with van der Waals surface area (Å²) in [6.07, 6.45) is 1.88. The zero-order valence-corrected chi connectivity index (χ0v) is 16.1. The molecule has 1 aromatic heterocycles.